The van der Waals surface area contributed by atoms with Crippen LogP contribution >= 0.6 is 0 Å². The van der Waals surface area contributed by atoms with Crippen LogP contribution in [0.25, 0.3) is 0 Å². The molecule has 0 unspecified atom stereocenters. The largest absolute Gasteiger partial charge is 0.508 e. The number of benzene rings is 2. The third kappa shape index (κ3) is 3.22. The number of methoxy groups -OCH3 is 1. The Morgan fingerprint density at radius 3 is 2.50 bits per heavy atom. The summed E-state index contributed by atoms with van der Waals surface area (Å²) in [7, 11) is 1.62. The number of aryl methyl sites for hydroxylation is 2. The molecule has 0 saturated carbocycles. The summed E-state index contributed by atoms with van der Waals surface area (Å²) in [6.07, 6.45) is 0.792. The number of ketones is 1. The van der Waals surface area contributed by atoms with Gasteiger partial charge in [-0.2, -0.15) is 0 Å². The highest BCUT2D eigenvalue weighted by Gasteiger charge is 2.14. The third-order valence-corrected chi connectivity index (χ3v) is 3.87. The van der Waals surface area contributed by atoms with E-state index in [1.807, 2.05) is 26.0 Å². The number of Topliss-reactive ketones (excluding diaryl/α,β-unsaturated/α-hetero) is 1. The molecular weight excluding hydrogens is 280 g/mol. The molecule has 2 N–H and O–H groups in total. The van der Waals surface area contributed by atoms with Crippen molar-refractivity contribution < 1.29 is 19.7 Å². The van der Waals surface area contributed by atoms with Crippen molar-refractivity contribution in [2.45, 2.75) is 26.7 Å². The molecule has 4 heteroatoms. The standard InChI is InChI=1S/C18H20O4/c1-11-4-5-13(18(22-3)12(11)2)6-9-16(20)15-8-7-14(19)10-17(15)21/h4-5,7-8,10,19,21H,6,9H2,1-3H3. The first kappa shape index (κ1) is 15.9. The van der Waals surface area contributed by atoms with Crippen LogP contribution < -0.4 is 4.74 Å². The Balaban J connectivity index is 2.16. The second-order valence-corrected chi connectivity index (χ2v) is 5.32. The molecule has 0 radical (unpaired) electrons. The smallest absolute Gasteiger partial charge is 0.166 e. The molecule has 4 nitrogen and oxygen atoms in total. The van der Waals surface area contributed by atoms with E-state index in [2.05, 4.69) is 0 Å². The number of aromatic hydroxyl groups is 2. The Kier molecular flexibility index (Phi) is 4.71. The number of carbonyl (C=O) groups is 1. The lowest BCUT2D eigenvalue weighted by Gasteiger charge is -2.13. The van der Waals surface area contributed by atoms with E-state index in [0.717, 1.165) is 22.4 Å². The summed E-state index contributed by atoms with van der Waals surface area (Å²) >= 11 is 0. The second kappa shape index (κ2) is 6.52. The maximum Gasteiger partial charge on any atom is 0.166 e. The van der Waals surface area contributed by atoms with E-state index in [-0.39, 0.29) is 29.3 Å². The molecule has 2 aromatic rings. The molecule has 0 saturated heterocycles. The molecule has 0 aromatic heterocycles. The van der Waals surface area contributed by atoms with E-state index in [1.54, 1.807) is 7.11 Å². The van der Waals surface area contributed by atoms with E-state index < -0.39 is 0 Å². The Hall–Kier alpha value is -2.49. The molecule has 2 aromatic carbocycles. The SMILES string of the molecule is COc1c(CCC(=O)c2ccc(O)cc2O)ccc(C)c1C. The molecule has 0 aliphatic rings. The Morgan fingerprint density at radius 2 is 1.86 bits per heavy atom. The van der Waals surface area contributed by atoms with Crippen LogP contribution in [0.4, 0.5) is 0 Å². The van der Waals surface area contributed by atoms with Crippen LogP contribution in [0.15, 0.2) is 30.3 Å². The van der Waals surface area contributed by atoms with Crippen LogP contribution in [0.2, 0.25) is 0 Å². The minimum Gasteiger partial charge on any atom is -0.508 e. The number of phenols is 2. The van der Waals surface area contributed by atoms with Crippen LogP contribution in [-0.2, 0) is 6.42 Å². The third-order valence-electron chi connectivity index (χ3n) is 3.87. The highest BCUT2D eigenvalue weighted by Crippen LogP contribution is 2.28. The minimum absolute atomic E-state index is 0.0649. The van der Waals surface area contributed by atoms with Crippen molar-refractivity contribution in [2.24, 2.45) is 0 Å². The van der Waals surface area contributed by atoms with Gasteiger partial charge in [0.05, 0.1) is 12.7 Å². The number of hydrogen-bond donors (Lipinski definition) is 2. The molecule has 0 fully saturated rings. The van der Waals surface area contributed by atoms with Crippen molar-refractivity contribution in [2.75, 3.05) is 7.11 Å². The predicted octanol–water partition coefficient (Wildman–Crippen LogP) is 3.54. The molecule has 116 valence electrons. The summed E-state index contributed by atoms with van der Waals surface area (Å²) in [6, 6.07) is 7.97. The van der Waals surface area contributed by atoms with Crippen LogP contribution in [-0.4, -0.2) is 23.1 Å². The zero-order chi connectivity index (χ0) is 16.3. The molecule has 2 rings (SSSR count). The van der Waals surface area contributed by atoms with E-state index >= 15 is 0 Å². The molecule has 22 heavy (non-hydrogen) atoms. The first-order valence-electron chi connectivity index (χ1n) is 7.12. The van der Waals surface area contributed by atoms with Crippen molar-refractivity contribution in [1.29, 1.82) is 0 Å². The van der Waals surface area contributed by atoms with Crippen LogP contribution in [0.5, 0.6) is 17.2 Å². The van der Waals surface area contributed by atoms with Crippen LogP contribution in [0.1, 0.15) is 33.5 Å². The summed E-state index contributed by atoms with van der Waals surface area (Å²) in [5.41, 5.74) is 3.40. The molecule has 0 bridgehead atoms. The fraction of sp³-hybridized carbons (Fsp3) is 0.278. The number of phenolic OH excluding ortho intramolecular Hbond substituents is 2. The summed E-state index contributed by atoms with van der Waals surface area (Å²) in [5.74, 6) is 0.377. The number of carbonyl (C=O) groups excluding carboxylic acids is 1. The van der Waals surface area contributed by atoms with Gasteiger partial charge in [0.2, 0.25) is 0 Å². The first-order chi connectivity index (χ1) is 10.4. The quantitative estimate of drug-likeness (QED) is 0.829. The molecule has 0 heterocycles. The average Bonchev–Trinajstić information content (AvgIpc) is 2.48. The van der Waals surface area contributed by atoms with Gasteiger partial charge in [-0.3, -0.25) is 4.79 Å². The number of ether oxygens (including phenoxy) is 1. The first-order valence-corrected chi connectivity index (χ1v) is 7.12. The lowest BCUT2D eigenvalue weighted by Crippen LogP contribution is -2.04. The second-order valence-electron chi connectivity index (χ2n) is 5.32. The van der Waals surface area contributed by atoms with Crippen molar-refractivity contribution in [3.63, 3.8) is 0 Å². The highest BCUT2D eigenvalue weighted by atomic mass is 16.5. The maximum absolute atomic E-state index is 12.2. The normalized spacial score (nSPS) is 10.5. The monoisotopic (exact) mass is 300 g/mol. The highest BCUT2D eigenvalue weighted by molar-refractivity contribution is 5.98. The zero-order valence-electron chi connectivity index (χ0n) is 13.0. The lowest BCUT2D eigenvalue weighted by molar-refractivity contribution is 0.0980. The lowest BCUT2D eigenvalue weighted by atomic mass is 9.98. The molecule has 0 amide bonds. The van der Waals surface area contributed by atoms with Crippen LogP contribution in [0, 0.1) is 13.8 Å². The fourth-order valence-corrected chi connectivity index (χ4v) is 2.47. The Morgan fingerprint density at radius 1 is 1.14 bits per heavy atom. The summed E-state index contributed by atoms with van der Waals surface area (Å²) in [6.45, 7) is 4.01. The topological polar surface area (TPSA) is 66.8 Å². The Bertz CT molecular complexity index is 704. The van der Waals surface area contributed by atoms with Crippen molar-refractivity contribution in [3.05, 3.63) is 52.6 Å². The molecule has 0 aliphatic heterocycles. The van der Waals surface area contributed by atoms with Gasteiger partial charge in [-0.05, 0) is 49.1 Å². The summed E-state index contributed by atoms with van der Waals surface area (Å²) < 4.78 is 5.44. The van der Waals surface area contributed by atoms with Gasteiger partial charge in [0.1, 0.15) is 17.2 Å². The molecule has 0 aliphatic carbocycles. The zero-order valence-corrected chi connectivity index (χ0v) is 13.0. The number of hydrogen-bond acceptors (Lipinski definition) is 4. The van der Waals surface area contributed by atoms with Gasteiger partial charge < -0.3 is 14.9 Å². The van der Waals surface area contributed by atoms with E-state index in [4.69, 9.17) is 4.74 Å². The molecule has 0 spiro atoms. The van der Waals surface area contributed by atoms with E-state index in [9.17, 15) is 15.0 Å². The molecular formula is C18H20O4. The van der Waals surface area contributed by atoms with Gasteiger partial charge in [-0.1, -0.05) is 12.1 Å². The van der Waals surface area contributed by atoms with Gasteiger partial charge in [0.25, 0.3) is 0 Å². The van der Waals surface area contributed by atoms with Gasteiger partial charge >= 0.3 is 0 Å². The summed E-state index contributed by atoms with van der Waals surface area (Å²) in [4.78, 5) is 12.2. The van der Waals surface area contributed by atoms with E-state index in [0.29, 0.717) is 6.42 Å². The van der Waals surface area contributed by atoms with Crippen molar-refractivity contribution in [1.82, 2.24) is 0 Å². The predicted molar refractivity (Wildman–Crippen MR) is 84.9 cm³/mol. The summed E-state index contributed by atoms with van der Waals surface area (Å²) in [5, 5.41) is 19.0. The number of rotatable bonds is 5. The average molecular weight is 300 g/mol. The molecule has 0 atom stereocenters. The van der Waals surface area contributed by atoms with Gasteiger partial charge in [-0.15, -0.1) is 0 Å². The van der Waals surface area contributed by atoms with E-state index in [1.165, 1.54) is 18.2 Å². The van der Waals surface area contributed by atoms with Crippen LogP contribution in [0.3, 0.4) is 0 Å². The van der Waals surface area contributed by atoms with Crippen molar-refractivity contribution >= 4 is 5.78 Å². The fourth-order valence-electron chi connectivity index (χ4n) is 2.47. The van der Waals surface area contributed by atoms with Gasteiger partial charge in [0, 0.05) is 12.5 Å². The maximum atomic E-state index is 12.2. The van der Waals surface area contributed by atoms with Gasteiger partial charge in [0.15, 0.2) is 5.78 Å². The van der Waals surface area contributed by atoms with Gasteiger partial charge in [-0.25, -0.2) is 0 Å². The Labute approximate surface area is 130 Å². The van der Waals surface area contributed by atoms with Crippen molar-refractivity contribution in [3.8, 4) is 17.2 Å². The minimum atomic E-state index is -0.197.